The molecule has 212 valence electrons. The zero-order chi connectivity index (χ0) is 30.7. The number of alkyl halides is 6. The lowest BCUT2D eigenvalue weighted by atomic mass is 10.1. The summed E-state index contributed by atoms with van der Waals surface area (Å²) in [5.41, 5.74) is -4.14. The van der Waals surface area contributed by atoms with E-state index in [1.165, 1.54) is 13.8 Å². The van der Waals surface area contributed by atoms with Crippen LogP contribution in [0.3, 0.4) is 0 Å². The first kappa shape index (κ1) is 31.3. The van der Waals surface area contributed by atoms with Crippen LogP contribution in [0.15, 0.2) is 72.9 Å². The Kier molecular flexibility index (Phi) is 8.99. The molecule has 0 aromatic heterocycles. The van der Waals surface area contributed by atoms with Gasteiger partial charge in [-0.2, -0.15) is 26.3 Å². The van der Waals surface area contributed by atoms with Gasteiger partial charge in [0.05, 0.1) is 0 Å². The molecule has 0 bridgehead atoms. The number of carbonyl (C=O) groups is 4. The molecule has 0 N–H and O–H groups in total. The van der Waals surface area contributed by atoms with E-state index in [-0.39, 0.29) is 21.9 Å². The van der Waals surface area contributed by atoms with Gasteiger partial charge in [-0.3, -0.25) is 0 Å². The van der Waals surface area contributed by atoms with Crippen molar-refractivity contribution in [2.24, 2.45) is 0 Å². The molecule has 0 aliphatic carbocycles. The third-order valence-electron chi connectivity index (χ3n) is 4.65. The molecule has 2 aromatic rings. The van der Waals surface area contributed by atoms with E-state index in [0.717, 1.165) is 24.3 Å². The summed E-state index contributed by atoms with van der Waals surface area (Å²) in [6.07, 6.45) is -10.4. The van der Waals surface area contributed by atoms with Crippen molar-refractivity contribution >= 4 is 34.6 Å². The monoisotopic (exact) mass is 572 g/mol. The van der Waals surface area contributed by atoms with Crippen molar-refractivity contribution in [1.82, 2.24) is 0 Å². The normalized spacial score (nSPS) is 11.3. The summed E-state index contributed by atoms with van der Waals surface area (Å²) in [7, 11) is 0. The Morgan fingerprint density at radius 3 is 1.43 bits per heavy atom. The molecule has 0 radical (unpaired) electrons. The van der Waals surface area contributed by atoms with E-state index in [4.69, 9.17) is 18.9 Å². The molecule has 0 amide bonds. The van der Waals surface area contributed by atoms with E-state index < -0.39 is 70.4 Å². The Morgan fingerprint density at radius 1 is 0.575 bits per heavy atom. The quantitative estimate of drug-likeness (QED) is 0.168. The van der Waals surface area contributed by atoms with Crippen LogP contribution in [0.25, 0.3) is 10.8 Å². The van der Waals surface area contributed by atoms with E-state index in [1.807, 2.05) is 0 Å². The molecule has 0 spiro atoms. The second-order valence-electron chi connectivity index (χ2n) is 8.01. The van der Waals surface area contributed by atoms with Gasteiger partial charge in [0.15, 0.2) is 11.5 Å². The fourth-order valence-corrected chi connectivity index (χ4v) is 2.55. The standard InChI is InChI=1S/C26H18F6O8/c1-11(2)21(33)37-16-7-15-8-19(39-22(34)12(3)4)20(40-24(36)14(6)26(30,31)32)10-17(15)18(9-16)38-23(35)13(5)25(27,28)29/h7-10H,1,3,5-6H2,2,4H3. The molecule has 0 atom stereocenters. The smallest absolute Gasteiger partial charge is 0.422 e. The minimum absolute atomic E-state index is 0.0904. The Bertz CT molecular complexity index is 1480. The molecule has 40 heavy (non-hydrogen) atoms. The van der Waals surface area contributed by atoms with Gasteiger partial charge in [-0.1, -0.05) is 26.3 Å². The van der Waals surface area contributed by atoms with E-state index >= 15 is 0 Å². The van der Waals surface area contributed by atoms with Crippen molar-refractivity contribution in [1.29, 1.82) is 0 Å². The average Bonchev–Trinajstić information content (AvgIpc) is 2.82. The fourth-order valence-electron chi connectivity index (χ4n) is 2.55. The number of fused-ring (bicyclic) bond motifs is 1. The molecule has 14 heteroatoms. The summed E-state index contributed by atoms with van der Waals surface area (Å²) < 4.78 is 97.4. The van der Waals surface area contributed by atoms with Gasteiger partial charge >= 0.3 is 36.2 Å². The van der Waals surface area contributed by atoms with Crippen molar-refractivity contribution in [2.75, 3.05) is 0 Å². The highest BCUT2D eigenvalue weighted by atomic mass is 19.4. The highest BCUT2D eigenvalue weighted by molar-refractivity contribution is 6.00. The van der Waals surface area contributed by atoms with E-state index in [1.54, 1.807) is 0 Å². The van der Waals surface area contributed by atoms with Crippen molar-refractivity contribution in [3.63, 3.8) is 0 Å². The van der Waals surface area contributed by atoms with Crippen molar-refractivity contribution < 1.29 is 64.5 Å². The molecular formula is C26H18F6O8. The average molecular weight is 572 g/mol. The molecule has 8 nitrogen and oxygen atoms in total. The molecule has 2 rings (SSSR count). The van der Waals surface area contributed by atoms with Gasteiger partial charge in [0, 0.05) is 22.6 Å². The molecule has 0 fully saturated rings. The minimum atomic E-state index is -5.21. The largest absolute Gasteiger partial charge is 0.423 e. The Balaban J connectivity index is 2.80. The molecule has 0 aliphatic rings. The number of hydrogen-bond donors (Lipinski definition) is 0. The summed E-state index contributed by atoms with van der Waals surface area (Å²) in [6.45, 7) is 14.4. The third kappa shape index (κ3) is 7.58. The Labute approximate surface area is 221 Å². The maximum absolute atomic E-state index is 13.0. The summed E-state index contributed by atoms with van der Waals surface area (Å²) in [5.74, 6) is -8.74. The maximum atomic E-state index is 13.0. The molecule has 0 saturated carbocycles. The zero-order valence-corrected chi connectivity index (χ0v) is 20.7. The number of benzene rings is 2. The van der Waals surface area contributed by atoms with Gasteiger partial charge in [0.2, 0.25) is 0 Å². The number of halogens is 6. The van der Waals surface area contributed by atoms with Gasteiger partial charge in [0.25, 0.3) is 0 Å². The SMILES string of the molecule is C=C(C)C(=O)Oc1cc(OC(=O)C(=C)C(F)(F)F)c2cc(OC(=O)C(=C)C(F)(F)F)c(OC(=O)C(=C)C)cc2c1. The molecule has 0 aliphatic heterocycles. The van der Waals surface area contributed by atoms with Crippen LogP contribution in [0.1, 0.15) is 13.8 Å². The van der Waals surface area contributed by atoms with E-state index in [9.17, 15) is 45.5 Å². The van der Waals surface area contributed by atoms with Gasteiger partial charge in [-0.05, 0) is 37.4 Å². The zero-order valence-electron chi connectivity index (χ0n) is 20.7. The Hall–Kier alpha value is -4.88. The van der Waals surface area contributed by atoms with Crippen molar-refractivity contribution in [3.05, 3.63) is 72.9 Å². The van der Waals surface area contributed by atoms with E-state index in [0.29, 0.717) is 0 Å². The predicted octanol–water partition coefficient (Wildman–Crippen LogP) is 5.85. The lowest BCUT2D eigenvalue weighted by molar-refractivity contribution is -0.144. The minimum Gasteiger partial charge on any atom is -0.423 e. The molecule has 0 saturated heterocycles. The first-order valence-corrected chi connectivity index (χ1v) is 10.6. The number of rotatable bonds is 8. The molecule has 0 heterocycles. The van der Waals surface area contributed by atoms with Crippen molar-refractivity contribution in [3.8, 4) is 23.0 Å². The summed E-state index contributed by atoms with van der Waals surface area (Å²) in [6, 6.07) is 3.50. The molecule has 2 aromatic carbocycles. The highest BCUT2D eigenvalue weighted by Crippen LogP contribution is 2.41. The van der Waals surface area contributed by atoms with Crippen LogP contribution in [0, 0.1) is 0 Å². The summed E-state index contributed by atoms with van der Waals surface area (Å²) >= 11 is 0. The van der Waals surface area contributed by atoms with Crippen LogP contribution < -0.4 is 18.9 Å². The van der Waals surface area contributed by atoms with Gasteiger partial charge in [-0.15, -0.1) is 0 Å². The number of carbonyl (C=O) groups excluding carboxylic acids is 4. The molecule has 0 unspecified atom stereocenters. The van der Waals surface area contributed by atoms with Crippen LogP contribution >= 0.6 is 0 Å². The number of esters is 4. The van der Waals surface area contributed by atoms with Crippen LogP contribution in [0.4, 0.5) is 26.3 Å². The van der Waals surface area contributed by atoms with Gasteiger partial charge < -0.3 is 18.9 Å². The van der Waals surface area contributed by atoms with Crippen molar-refractivity contribution in [2.45, 2.75) is 26.2 Å². The van der Waals surface area contributed by atoms with Crippen LogP contribution in [-0.4, -0.2) is 36.2 Å². The first-order chi connectivity index (χ1) is 18.2. The van der Waals surface area contributed by atoms with Crippen LogP contribution in [0.2, 0.25) is 0 Å². The highest BCUT2D eigenvalue weighted by Gasteiger charge is 2.39. The lowest BCUT2D eigenvalue weighted by Crippen LogP contribution is -2.23. The third-order valence-corrected chi connectivity index (χ3v) is 4.65. The lowest BCUT2D eigenvalue weighted by Gasteiger charge is -2.17. The summed E-state index contributed by atoms with van der Waals surface area (Å²) in [4.78, 5) is 48.3. The van der Waals surface area contributed by atoms with E-state index in [2.05, 4.69) is 26.3 Å². The van der Waals surface area contributed by atoms with Crippen LogP contribution in [0.5, 0.6) is 23.0 Å². The summed E-state index contributed by atoms with van der Waals surface area (Å²) in [5, 5.41) is -0.514. The van der Waals surface area contributed by atoms with Gasteiger partial charge in [-0.25, -0.2) is 19.2 Å². The maximum Gasteiger partial charge on any atom is 0.422 e. The second kappa shape index (κ2) is 11.5. The second-order valence-corrected chi connectivity index (χ2v) is 8.01. The number of hydrogen-bond acceptors (Lipinski definition) is 8. The predicted molar refractivity (Wildman–Crippen MR) is 127 cm³/mol. The molecular weight excluding hydrogens is 554 g/mol. The first-order valence-electron chi connectivity index (χ1n) is 10.6. The topological polar surface area (TPSA) is 105 Å². The fraction of sp³-hybridized carbons (Fsp3) is 0.154. The number of ether oxygens (including phenoxy) is 4. The van der Waals surface area contributed by atoms with Crippen LogP contribution in [-0.2, 0) is 19.2 Å². The Morgan fingerprint density at radius 2 is 0.975 bits per heavy atom. The van der Waals surface area contributed by atoms with Gasteiger partial charge in [0.1, 0.15) is 22.6 Å².